The van der Waals surface area contributed by atoms with E-state index in [1.807, 2.05) is 49.4 Å². The van der Waals surface area contributed by atoms with Crippen molar-refractivity contribution in [2.24, 2.45) is 0 Å². The number of H-pyrrole nitrogens is 1. The van der Waals surface area contributed by atoms with Crippen LogP contribution in [-0.2, 0) is 4.74 Å². The van der Waals surface area contributed by atoms with Gasteiger partial charge in [0.25, 0.3) is 0 Å². The summed E-state index contributed by atoms with van der Waals surface area (Å²) in [5, 5.41) is 4.16. The van der Waals surface area contributed by atoms with E-state index in [-0.39, 0.29) is 5.97 Å². The Morgan fingerprint density at radius 1 is 0.862 bits per heavy atom. The van der Waals surface area contributed by atoms with Crippen molar-refractivity contribution in [3.05, 3.63) is 83.9 Å². The first-order valence-electron chi connectivity index (χ1n) is 9.89. The predicted octanol–water partition coefficient (Wildman–Crippen LogP) is 6.63. The summed E-state index contributed by atoms with van der Waals surface area (Å²) in [6.45, 7) is 4.27. The molecule has 0 aliphatic heterocycles. The molecule has 4 aromatic carbocycles. The van der Waals surface area contributed by atoms with Gasteiger partial charge in [0.1, 0.15) is 0 Å². The van der Waals surface area contributed by atoms with E-state index in [9.17, 15) is 4.79 Å². The zero-order chi connectivity index (χ0) is 20.0. The molecule has 0 amide bonds. The minimum absolute atomic E-state index is 0.283. The van der Waals surface area contributed by atoms with Gasteiger partial charge in [0.2, 0.25) is 0 Å². The monoisotopic (exact) mass is 379 g/mol. The number of para-hydroxylation sites is 1. The van der Waals surface area contributed by atoms with Crippen molar-refractivity contribution < 1.29 is 9.53 Å². The number of aryl methyl sites for hydroxylation is 1. The lowest BCUT2D eigenvalue weighted by molar-refractivity contribution is 0.0529. The molecule has 1 aromatic heterocycles. The van der Waals surface area contributed by atoms with Gasteiger partial charge in [-0.3, -0.25) is 0 Å². The van der Waals surface area contributed by atoms with Crippen LogP contribution in [-0.4, -0.2) is 17.6 Å². The summed E-state index contributed by atoms with van der Waals surface area (Å²) in [6.07, 6.45) is 0. The van der Waals surface area contributed by atoms with Gasteiger partial charge in [-0.2, -0.15) is 0 Å². The Balaban J connectivity index is 2.10. The zero-order valence-corrected chi connectivity index (χ0v) is 16.5. The number of carbonyl (C=O) groups is 1. The molecule has 0 bridgehead atoms. The number of aromatic amines is 1. The van der Waals surface area contributed by atoms with Crippen molar-refractivity contribution >= 4 is 38.5 Å². The van der Waals surface area contributed by atoms with E-state index in [0.717, 1.165) is 49.3 Å². The van der Waals surface area contributed by atoms with Crippen LogP contribution in [0.3, 0.4) is 0 Å². The van der Waals surface area contributed by atoms with Gasteiger partial charge in [-0.15, -0.1) is 0 Å². The summed E-state index contributed by atoms with van der Waals surface area (Å²) in [5.41, 5.74) is 5.82. The third-order valence-corrected chi connectivity index (χ3v) is 5.54. The lowest BCUT2D eigenvalue weighted by atomic mass is 9.88. The largest absolute Gasteiger partial charge is 0.462 e. The van der Waals surface area contributed by atoms with Gasteiger partial charge in [0.05, 0.1) is 17.7 Å². The Kier molecular flexibility index (Phi) is 4.09. The third-order valence-electron chi connectivity index (χ3n) is 5.54. The molecule has 3 nitrogen and oxygen atoms in total. The number of hydrogen-bond acceptors (Lipinski definition) is 2. The Morgan fingerprint density at radius 3 is 2.38 bits per heavy atom. The lowest BCUT2D eigenvalue weighted by Crippen LogP contribution is -2.08. The first kappa shape index (κ1) is 17.5. The average Bonchev–Trinajstić information content (AvgIpc) is 3.12. The molecule has 0 radical (unpaired) electrons. The van der Waals surface area contributed by atoms with E-state index >= 15 is 0 Å². The maximum atomic E-state index is 13.2. The fourth-order valence-electron chi connectivity index (χ4n) is 4.37. The average molecular weight is 379 g/mol. The number of aromatic nitrogens is 1. The number of hydrogen-bond donors (Lipinski definition) is 1. The van der Waals surface area contributed by atoms with E-state index in [4.69, 9.17) is 4.74 Å². The fourth-order valence-corrected chi connectivity index (χ4v) is 4.37. The summed E-state index contributed by atoms with van der Waals surface area (Å²) in [5.74, 6) is -0.283. The van der Waals surface area contributed by atoms with Crippen LogP contribution in [0, 0.1) is 6.92 Å². The highest BCUT2D eigenvalue weighted by Crippen LogP contribution is 2.43. The van der Waals surface area contributed by atoms with Gasteiger partial charge in [0, 0.05) is 27.2 Å². The van der Waals surface area contributed by atoms with Gasteiger partial charge in [-0.05, 0) is 36.4 Å². The number of carbonyl (C=O) groups excluding carboxylic acids is 1. The summed E-state index contributed by atoms with van der Waals surface area (Å²) < 4.78 is 5.53. The molecule has 0 unspecified atom stereocenters. The molecule has 29 heavy (non-hydrogen) atoms. The van der Waals surface area contributed by atoms with E-state index in [1.54, 1.807) is 0 Å². The molecular formula is C26H21NO2. The van der Waals surface area contributed by atoms with Crippen molar-refractivity contribution in [3.63, 3.8) is 0 Å². The predicted molar refractivity (Wildman–Crippen MR) is 119 cm³/mol. The second-order valence-corrected chi connectivity index (χ2v) is 7.25. The van der Waals surface area contributed by atoms with Crippen molar-refractivity contribution in [2.45, 2.75) is 13.8 Å². The summed E-state index contributed by atoms with van der Waals surface area (Å²) in [6, 6.07) is 24.5. The maximum absolute atomic E-state index is 13.2. The summed E-state index contributed by atoms with van der Waals surface area (Å²) >= 11 is 0. The molecule has 0 saturated carbocycles. The summed E-state index contributed by atoms with van der Waals surface area (Å²) in [7, 11) is 0. The Morgan fingerprint density at radius 2 is 1.59 bits per heavy atom. The van der Waals surface area contributed by atoms with Gasteiger partial charge in [-0.25, -0.2) is 4.79 Å². The molecule has 3 heteroatoms. The standard InChI is InChI=1S/C26H21NO2/c1-3-29-26(28)24-19-14-9-10-16(2)21(19)25-23(18-13-7-8-15-20(18)27-25)22(24)17-11-5-4-6-12-17/h4-15,27H,3H2,1-2H3. The van der Waals surface area contributed by atoms with Crippen molar-refractivity contribution in [2.75, 3.05) is 6.61 Å². The molecule has 5 rings (SSSR count). The van der Waals surface area contributed by atoms with Crippen molar-refractivity contribution in [3.8, 4) is 11.1 Å². The Hall–Kier alpha value is -3.59. The van der Waals surface area contributed by atoms with E-state index in [0.29, 0.717) is 12.2 Å². The van der Waals surface area contributed by atoms with Crippen LogP contribution in [0.2, 0.25) is 0 Å². The SMILES string of the molecule is CCOC(=O)c1c(-c2ccccc2)c2c3ccccc3[nH]c2c2c(C)cccc12. The second-order valence-electron chi connectivity index (χ2n) is 7.25. The first-order valence-corrected chi connectivity index (χ1v) is 9.89. The molecule has 1 N–H and O–H groups in total. The van der Waals surface area contributed by atoms with Gasteiger partial charge < -0.3 is 9.72 Å². The van der Waals surface area contributed by atoms with Gasteiger partial charge in [0.15, 0.2) is 0 Å². The molecule has 142 valence electrons. The number of ether oxygens (including phenoxy) is 1. The molecule has 0 aliphatic carbocycles. The highest BCUT2D eigenvalue weighted by Gasteiger charge is 2.25. The van der Waals surface area contributed by atoms with Crippen LogP contribution in [0.15, 0.2) is 72.8 Å². The van der Waals surface area contributed by atoms with Crippen LogP contribution >= 0.6 is 0 Å². The normalized spacial score (nSPS) is 11.4. The van der Waals surface area contributed by atoms with Crippen LogP contribution in [0.5, 0.6) is 0 Å². The van der Waals surface area contributed by atoms with E-state index < -0.39 is 0 Å². The smallest absolute Gasteiger partial charge is 0.339 e. The highest BCUT2D eigenvalue weighted by molar-refractivity contribution is 6.29. The molecule has 0 fully saturated rings. The maximum Gasteiger partial charge on any atom is 0.339 e. The van der Waals surface area contributed by atoms with Crippen LogP contribution in [0.1, 0.15) is 22.8 Å². The zero-order valence-electron chi connectivity index (χ0n) is 16.5. The number of benzene rings is 4. The van der Waals surface area contributed by atoms with Gasteiger partial charge in [-0.1, -0.05) is 66.7 Å². The number of rotatable bonds is 3. The first-order chi connectivity index (χ1) is 14.2. The molecule has 0 atom stereocenters. The Bertz CT molecular complexity index is 1380. The highest BCUT2D eigenvalue weighted by atomic mass is 16.5. The van der Waals surface area contributed by atoms with Crippen LogP contribution in [0.4, 0.5) is 0 Å². The second kappa shape index (κ2) is 6.78. The number of nitrogens with one attached hydrogen (secondary N) is 1. The molecule has 0 saturated heterocycles. The third kappa shape index (κ3) is 2.62. The van der Waals surface area contributed by atoms with Crippen molar-refractivity contribution in [1.29, 1.82) is 0 Å². The summed E-state index contributed by atoms with van der Waals surface area (Å²) in [4.78, 5) is 16.9. The van der Waals surface area contributed by atoms with Crippen LogP contribution in [0.25, 0.3) is 43.7 Å². The molecule has 5 aromatic rings. The Labute approximate surface area is 168 Å². The number of fused-ring (bicyclic) bond motifs is 5. The minimum Gasteiger partial charge on any atom is -0.462 e. The van der Waals surface area contributed by atoms with Crippen LogP contribution < -0.4 is 0 Å². The quantitative estimate of drug-likeness (QED) is 0.358. The molecule has 0 spiro atoms. The molecule has 0 aliphatic rings. The molecule has 1 heterocycles. The number of esters is 1. The lowest BCUT2D eigenvalue weighted by Gasteiger charge is -2.16. The minimum atomic E-state index is -0.283. The van der Waals surface area contributed by atoms with E-state index in [2.05, 4.69) is 42.2 Å². The van der Waals surface area contributed by atoms with Crippen molar-refractivity contribution in [1.82, 2.24) is 4.98 Å². The van der Waals surface area contributed by atoms with Gasteiger partial charge >= 0.3 is 5.97 Å². The fraction of sp³-hybridized carbons (Fsp3) is 0.115. The topological polar surface area (TPSA) is 42.1 Å². The van der Waals surface area contributed by atoms with E-state index in [1.165, 1.54) is 0 Å². The molecular weight excluding hydrogens is 358 g/mol.